The van der Waals surface area contributed by atoms with Crippen LogP contribution in [0.2, 0.25) is 0 Å². The highest BCUT2D eigenvalue weighted by Crippen LogP contribution is 2.42. The van der Waals surface area contributed by atoms with Crippen molar-refractivity contribution in [3.8, 4) is 17.2 Å². The Morgan fingerprint density at radius 2 is 2.10 bits per heavy atom. The molecule has 156 valence electrons. The average molecular weight is 424 g/mol. The minimum Gasteiger partial charge on any atom is -0.391 e. The van der Waals surface area contributed by atoms with Gasteiger partial charge in [-0.25, -0.2) is 14.6 Å². The van der Waals surface area contributed by atoms with Crippen molar-refractivity contribution in [3.63, 3.8) is 0 Å². The van der Waals surface area contributed by atoms with Crippen molar-refractivity contribution in [1.29, 1.82) is 0 Å². The molecule has 0 unspecified atom stereocenters. The van der Waals surface area contributed by atoms with Gasteiger partial charge in [0.15, 0.2) is 0 Å². The number of hydrogen-bond donors (Lipinski definition) is 1. The molecule has 0 spiro atoms. The molecular formula is C22H25N5O2S. The Morgan fingerprint density at radius 3 is 2.80 bits per heavy atom. The van der Waals surface area contributed by atoms with Gasteiger partial charge in [0.25, 0.3) is 11.9 Å². The number of carbonyl (C=O) groups excluding carboxylic acids is 1. The third-order valence-corrected chi connectivity index (χ3v) is 6.80. The molecule has 1 amide bonds. The first-order chi connectivity index (χ1) is 14.5. The van der Waals surface area contributed by atoms with E-state index >= 15 is 0 Å². The lowest BCUT2D eigenvalue weighted by Crippen LogP contribution is -2.42. The molecule has 1 aliphatic heterocycles. The SMILES string of the molecule is Cc1cc(-c2ccnc(-n3ncc(C(=O)N4CCC[C@H](O)C4)c3C3CC3)n2)c(C)s1. The van der Waals surface area contributed by atoms with Crippen molar-refractivity contribution >= 4 is 17.2 Å². The zero-order chi connectivity index (χ0) is 20.8. The van der Waals surface area contributed by atoms with Gasteiger partial charge in [0.05, 0.1) is 29.3 Å². The van der Waals surface area contributed by atoms with Crippen molar-refractivity contribution in [3.05, 3.63) is 45.5 Å². The second kappa shape index (κ2) is 7.59. The number of aromatic nitrogens is 4. The fourth-order valence-electron chi connectivity index (χ4n) is 4.23. The van der Waals surface area contributed by atoms with Gasteiger partial charge < -0.3 is 10.0 Å². The molecule has 5 rings (SSSR count). The van der Waals surface area contributed by atoms with E-state index in [1.165, 1.54) is 9.75 Å². The molecule has 0 radical (unpaired) electrons. The van der Waals surface area contributed by atoms with Crippen LogP contribution in [0, 0.1) is 13.8 Å². The molecule has 2 aliphatic rings. The molecule has 1 saturated carbocycles. The highest BCUT2D eigenvalue weighted by molar-refractivity contribution is 7.12. The number of thiophene rings is 1. The first-order valence-corrected chi connectivity index (χ1v) is 11.3. The number of aliphatic hydroxyl groups excluding tert-OH is 1. The number of rotatable bonds is 4. The number of aliphatic hydroxyl groups is 1. The maximum atomic E-state index is 13.2. The minimum atomic E-state index is -0.445. The van der Waals surface area contributed by atoms with Crippen LogP contribution in [0.15, 0.2) is 24.5 Å². The van der Waals surface area contributed by atoms with Gasteiger partial charge in [-0.05, 0) is 51.7 Å². The quantitative estimate of drug-likeness (QED) is 0.695. The lowest BCUT2D eigenvalue weighted by atomic mass is 10.1. The van der Waals surface area contributed by atoms with Gasteiger partial charge in [-0.1, -0.05) is 0 Å². The van der Waals surface area contributed by atoms with Crippen LogP contribution in [0.1, 0.15) is 57.4 Å². The number of hydrogen-bond acceptors (Lipinski definition) is 6. The summed E-state index contributed by atoms with van der Waals surface area (Å²) in [5.74, 6) is 0.747. The van der Waals surface area contributed by atoms with Gasteiger partial charge in [0.2, 0.25) is 0 Å². The maximum absolute atomic E-state index is 13.2. The standard InChI is InChI=1S/C22H25N5O2S/c1-13-10-17(14(2)30-13)19-7-8-23-22(25-19)27-20(15-5-6-15)18(11-24-27)21(29)26-9-3-4-16(28)12-26/h7-8,10-11,15-16,28H,3-6,9,12H2,1-2H3/t16-/m0/s1. The fourth-order valence-corrected chi connectivity index (χ4v) is 5.16. The Labute approximate surface area is 179 Å². The van der Waals surface area contributed by atoms with Gasteiger partial charge in [-0.15, -0.1) is 11.3 Å². The van der Waals surface area contributed by atoms with Crippen molar-refractivity contribution in [2.75, 3.05) is 13.1 Å². The molecule has 1 aliphatic carbocycles. The number of amides is 1. The van der Waals surface area contributed by atoms with Gasteiger partial charge in [0.1, 0.15) is 0 Å². The molecule has 0 bridgehead atoms. The summed E-state index contributed by atoms with van der Waals surface area (Å²) in [5.41, 5.74) is 3.49. The molecule has 30 heavy (non-hydrogen) atoms. The highest BCUT2D eigenvalue weighted by Gasteiger charge is 2.35. The van der Waals surface area contributed by atoms with Crippen molar-refractivity contribution < 1.29 is 9.90 Å². The molecule has 1 N–H and O–H groups in total. The van der Waals surface area contributed by atoms with Gasteiger partial charge in [-0.2, -0.15) is 5.10 Å². The van der Waals surface area contributed by atoms with Crippen LogP contribution in [0.5, 0.6) is 0 Å². The van der Waals surface area contributed by atoms with E-state index in [0.717, 1.165) is 42.6 Å². The van der Waals surface area contributed by atoms with Crippen molar-refractivity contribution in [2.45, 2.75) is 51.6 Å². The summed E-state index contributed by atoms with van der Waals surface area (Å²) in [6.45, 7) is 5.25. The van der Waals surface area contributed by atoms with E-state index < -0.39 is 6.10 Å². The minimum absolute atomic E-state index is 0.0534. The van der Waals surface area contributed by atoms with Gasteiger partial charge in [-0.3, -0.25) is 4.79 Å². The van der Waals surface area contributed by atoms with Gasteiger partial charge in [0, 0.05) is 40.5 Å². The molecule has 3 aromatic heterocycles. The number of likely N-dealkylation sites (tertiary alicyclic amines) is 1. The number of β-amino-alcohol motifs (C(OH)–C–C–N with tert-alkyl or cyclic N) is 1. The third kappa shape index (κ3) is 3.54. The predicted octanol–water partition coefficient (Wildman–Crippen LogP) is 3.48. The van der Waals surface area contributed by atoms with Crippen molar-refractivity contribution in [2.24, 2.45) is 0 Å². The topological polar surface area (TPSA) is 84.1 Å². The maximum Gasteiger partial charge on any atom is 0.257 e. The normalized spacial score (nSPS) is 19.3. The summed E-state index contributed by atoms with van der Waals surface area (Å²) < 4.78 is 1.74. The van der Waals surface area contributed by atoms with Crippen LogP contribution in [0.3, 0.4) is 0 Å². The van der Waals surface area contributed by atoms with E-state index in [1.807, 2.05) is 6.07 Å². The smallest absolute Gasteiger partial charge is 0.257 e. The lowest BCUT2D eigenvalue weighted by Gasteiger charge is -2.30. The van der Waals surface area contributed by atoms with E-state index in [-0.39, 0.29) is 5.91 Å². The molecule has 4 heterocycles. The summed E-state index contributed by atoms with van der Waals surface area (Å²) in [4.78, 5) is 26.7. The summed E-state index contributed by atoms with van der Waals surface area (Å²) >= 11 is 1.75. The molecule has 7 nitrogen and oxygen atoms in total. The van der Waals surface area contributed by atoms with E-state index in [0.29, 0.717) is 30.5 Å². The van der Waals surface area contributed by atoms with Crippen LogP contribution in [-0.4, -0.2) is 54.9 Å². The first kappa shape index (κ1) is 19.4. The third-order valence-electron chi connectivity index (χ3n) is 5.83. The Balaban J connectivity index is 1.52. The number of carbonyl (C=O) groups is 1. The molecule has 3 aromatic rings. The second-order valence-corrected chi connectivity index (χ2v) is 9.71. The average Bonchev–Trinajstić information content (AvgIpc) is 3.39. The Kier molecular flexibility index (Phi) is 4.91. The van der Waals surface area contributed by atoms with E-state index in [2.05, 4.69) is 30.0 Å². The highest BCUT2D eigenvalue weighted by atomic mass is 32.1. The second-order valence-electron chi connectivity index (χ2n) is 8.25. The zero-order valence-electron chi connectivity index (χ0n) is 17.2. The molecule has 0 aromatic carbocycles. The molecule has 1 saturated heterocycles. The summed E-state index contributed by atoms with van der Waals surface area (Å²) in [6.07, 6.45) is 6.61. The Hall–Kier alpha value is -2.58. The largest absolute Gasteiger partial charge is 0.391 e. The molecule has 2 fully saturated rings. The molecular weight excluding hydrogens is 398 g/mol. The Bertz CT molecular complexity index is 1100. The zero-order valence-corrected chi connectivity index (χ0v) is 18.0. The van der Waals surface area contributed by atoms with Crippen LogP contribution < -0.4 is 0 Å². The van der Waals surface area contributed by atoms with Crippen molar-refractivity contribution in [1.82, 2.24) is 24.6 Å². The first-order valence-electron chi connectivity index (χ1n) is 10.5. The molecule has 8 heteroatoms. The monoisotopic (exact) mass is 423 g/mol. The molecule has 1 atom stereocenters. The van der Waals surface area contributed by atoms with E-state index in [1.54, 1.807) is 33.3 Å². The Morgan fingerprint density at radius 1 is 1.27 bits per heavy atom. The number of aryl methyl sites for hydroxylation is 2. The van der Waals surface area contributed by atoms with Crippen LogP contribution in [-0.2, 0) is 0 Å². The number of nitrogens with zero attached hydrogens (tertiary/aromatic N) is 5. The summed E-state index contributed by atoms with van der Waals surface area (Å²) in [5, 5.41) is 14.5. The fraction of sp³-hybridized carbons (Fsp3) is 0.455. The van der Waals surface area contributed by atoms with Gasteiger partial charge >= 0.3 is 0 Å². The van der Waals surface area contributed by atoms with E-state index in [9.17, 15) is 9.90 Å². The summed E-state index contributed by atoms with van der Waals surface area (Å²) in [7, 11) is 0. The van der Waals surface area contributed by atoms with Crippen LogP contribution in [0.25, 0.3) is 17.2 Å². The van der Waals surface area contributed by atoms with Crippen LogP contribution >= 0.6 is 11.3 Å². The lowest BCUT2D eigenvalue weighted by molar-refractivity contribution is 0.0472. The van der Waals surface area contributed by atoms with Crippen LogP contribution in [0.4, 0.5) is 0 Å². The van der Waals surface area contributed by atoms with E-state index in [4.69, 9.17) is 4.98 Å². The summed E-state index contributed by atoms with van der Waals surface area (Å²) in [6, 6.07) is 4.06. The number of piperidine rings is 1. The predicted molar refractivity (Wildman–Crippen MR) is 115 cm³/mol.